The van der Waals surface area contributed by atoms with Crippen molar-refractivity contribution < 1.29 is 4.79 Å². The van der Waals surface area contributed by atoms with Crippen molar-refractivity contribution in [2.24, 2.45) is 0 Å². The summed E-state index contributed by atoms with van der Waals surface area (Å²) in [6.45, 7) is 4.56. The largest absolute Gasteiger partial charge is 0.321 e. The van der Waals surface area contributed by atoms with Crippen LogP contribution < -0.4 is 10.9 Å². The van der Waals surface area contributed by atoms with Crippen molar-refractivity contribution in [3.8, 4) is 11.4 Å². The molecule has 0 bridgehead atoms. The number of amides is 1. The molecule has 8 heteroatoms. The van der Waals surface area contributed by atoms with Gasteiger partial charge in [0.1, 0.15) is 10.7 Å². The minimum absolute atomic E-state index is 0.187. The third kappa shape index (κ3) is 4.40. The maximum absolute atomic E-state index is 13.1. The SMILES string of the molecule is CCc1cc(=O)[nH]c(-c2cccc(NC(=O)c3cc4c(C)nn(Cc5ccccc5)c4s3)c2)n1. The van der Waals surface area contributed by atoms with Crippen molar-refractivity contribution in [3.63, 3.8) is 0 Å². The number of rotatable bonds is 6. The van der Waals surface area contributed by atoms with Crippen LogP contribution in [-0.4, -0.2) is 25.7 Å². The third-order valence-corrected chi connectivity index (χ3v) is 6.70. The monoisotopic (exact) mass is 469 g/mol. The fourth-order valence-electron chi connectivity index (χ4n) is 3.85. The molecular weight excluding hydrogens is 446 g/mol. The Morgan fingerprint density at radius 1 is 1.09 bits per heavy atom. The topological polar surface area (TPSA) is 92.7 Å². The quantitative estimate of drug-likeness (QED) is 0.365. The van der Waals surface area contributed by atoms with Gasteiger partial charge in [-0.15, -0.1) is 11.3 Å². The molecule has 2 aromatic carbocycles. The van der Waals surface area contributed by atoms with E-state index in [1.807, 2.05) is 67.1 Å². The predicted octanol–water partition coefficient (Wildman–Crippen LogP) is 5.02. The van der Waals surface area contributed by atoms with Gasteiger partial charge in [0.25, 0.3) is 11.5 Å². The summed E-state index contributed by atoms with van der Waals surface area (Å²) in [5.41, 5.74) is 3.94. The van der Waals surface area contributed by atoms with Crippen LogP contribution in [0.5, 0.6) is 0 Å². The molecule has 0 fully saturated rings. The Morgan fingerprint density at radius 2 is 1.91 bits per heavy atom. The molecule has 5 rings (SSSR count). The average molecular weight is 470 g/mol. The van der Waals surface area contributed by atoms with Gasteiger partial charge in [-0.3, -0.25) is 14.3 Å². The molecule has 0 aliphatic heterocycles. The van der Waals surface area contributed by atoms with E-state index in [2.05, 4.69) is 32.5 Å². The Morgan fingerprint density at radius 3 is 2.71 bits per heavy atom. The lowest BCUT2D eigenvalue weighted by Crippen LogP contribution is -2.11. The summed E-state index contributed by atoms with van der Waals surface area (Å²) in [6, 6.07) is 20.8. The molecule has 3 aromatic heterocycles. The fourth-order valence-corrected chi connectivity index (χ4v) is 4.91. The molecular formula is C26H23N5O2S. The van der Waals surface area contributed by atoms with Crippen molar-refractivity contribution in [1.29, 1.82) is 0 Å². The molecule has 1 amide bonds. The normalized spacial score (nSPS) is 11.1. The maximum atomic E-state index is 13.1. The van der Waals surface area contributed by atoms with E-state index in [1.165, 1.54) is 17.4 Å². The number of thiophene rings is 1. The fraction of sp³-hybridized carbons (Fsp3) is 0.154. The number of carbonyl (C=O) groups excluding carboxylic acids is 1. The number of anilines is 1. The molecule has 5 aromatic rings. The summed E-state index contributed by atoms with van der Waals surface area (Å²) in [6.07, 6.45) is 0.667. The molecule has 7 nitrogen and oxygen atoms in total. The molecule has 0 aliphatic carbocycles. The van der Waals surface area contributed by atoms with Crippen LogP contribution in [0, 0.1) is 6.92 Å². The number of aromatic amines is 1. The second kappa shape index (κ2) is 9.07. The highest BCUT2D eigenvalue weighted by Gasteiger charge is 2.17. The van der Waals surface area contributed by atoms with Crippen molar-refractivity contribution in [1.82, 2.24) is 19.7 Å². The maximum Gasteiger partial charge on any atom is 0.265 e. The number of nitrogens with zero attached hydrogens (tertiary/aromatic N) is 3. The second-order valence-corrected chi connectivity index (χ2v) is 9.06. The van der Waals surface area contributed by atoms with Crippen LogP contribution in [0.25, 0.3) is 21.6 Å². The lowest BCUT2D eigenvalue weighted by molar-refractivity contribution is 0.103. The van der Waals surface area contributed by atoms with Gasteiger partial charge in [-0.05, 0) is 37.1 Å². The molecule has 0 aliphatic rings. The van der Waals surface area contributed by atoms with Crippen molar-refractivity contribution >= 4 is 33.1 Å². The van der Waals surface area contributed by atoms with Crippen LogP contribution >= 0.6 is 11.3 Å². The minimum Gasteiger partial charge on any atom is -0.321 e. The van der Waals surface area contributed by atoms with Gasteiger partial charge in [-0.1, -0.05) is 49.4 Å². The highest BCUT2D eigenvalue weighted by Crippen LogP contribution is 2.30. The van der Waals surface area contributed by atoms with Gasteiger partial charge in [0.2, 0.25) is 0 Å². The zero-order chi connectivity index (χ0) is 23.7. The van der Waals surface area contributed by atoms with E-state index in [1.54, 1.807) is 0 Å². The summed E-state index contributed by atoms with van der Waals surface area (Å²) in [7, 11) is 0. The number of aryl methyl sites for hydroxylation is 2. The first-order valence-corrected chi connectivity index (χ1v) is 11.8. The number of carbonyl (C=O) groups is 1. The van der Waals surface area contributed by atoms with E-state index in [0.29, 0.717) is 29.4 Å². The number of hydrogen-bond donors (Lipinski definition) is 2. The highest BCUT2D eigenvalue weighted by molar-refractivity contribution is 7.20. The van der Waals surface area contributed by atoms with Crippen LogP contribution in [0.3, 0.4) is 0 Å². The zero-order valence-electron chi connectivity index (χ0n) is 18.8. The summed E-state index contributed by atoms with van der Waals surface area (Å²) in [5, 5.41) is 8.61. The summed E-state index contributed by atoms with van der Waals surface area (Å²) in [4.78, 5) is 33.9. The minimum atomic E-state index is -0.193. The van der Waals surface area contributed by atoms with E-state index in [4.69, 9.17) is 0 Å². The van der Waals surface area contributed by atoms with Crippen LogP contribution in [0.4, 0.5) is 5.69 Å². The molecule has 0 saturated carbocycles. The van der Waals surface area contributed by atoms with Gasteiger partial charge >= 0.3 is 0 Å². The molecule has 0 radical (unpaired) electrons. The second-order valence-electron chi connectivity index (χ2n) is 8.03. The standard InChI is InChI=1S/C26H23N5O2S/c1-3-19-13-23(32)29-24(27-19)18-10-7-11-20(12-18)28-25(33)22-14-21-16(2)30-31(26(21)34-22)15-17-8-5-4-6-9-17/h4-14H,3,15H2,1-2H3,(H,28,33)(H,27,29,32). The highest BCUT2D eigenvalue weighted by atomic mass is 32.1. The van der Waals surface area contributed by atoms with E-state index < -0.39 is 0 Å². The Hall–Kier alpha value is -4.04. The van der Waals surface area contributed by atoms with Crippen LogP contribution in [0.15, 0.2) is 71.5 Å². The first-order valence-electron chi connectivity index (χ1n) is 11.0. The van der Waals surface area contributed by atoms with Gasteiger partial charge in [0.05, 0.1) is 17.1 Å². The smallest absolute Gasteiger partial charge is 0.265 e. The average Bonchev–Trinajstić information content (AvgIpc) is 3.41. The van der Waals surface area contributed by atoms with E-state index >= 15 is 0 Å². The van der Waals surface area contributed by atoms with Crippen LogP contribution in [0.2, 0.25) is 0 Å². The molecule has 170 valence electrons. The van der Waals surface area contributed by atoms with E-state index in [-0.39, 0.29) is 11.5 Å². The summed E-state index contributed by atoms with van der Waals surface area (Å²) in [5.74, 6) is 0.298. The Balaban J connectivity index is 1.40. The van der Waals surface area contributed by atoms with Crippen molar-refractivity contribution in [2.75, 3.05) is 5.32 Å². The first-order chi connectivity index (χ1) is 16.5. The van der Waals surface area contributed by atoms with E-state index in [9.17, 15) is 9.59 Å². The van der Waals surface area contributed by atoms with Gasteiger partial charge in [0.15, 0.2) is 0 Å². The van der Waals surface area contributed by atoms with Crippen molar-refractivity contribution in [3.05, 3.63) is 98.9 Å². The Kier molecular flexibility index (Phi) is 5.81. The number of hydrogen-bond acceptors (Lipinski definition) is 5. The molecule has 0 spiro atoms. The lowest BCUT2D eigenvalue weighted by Gasteiger charge is -2.07. The lowest BCUT2D eigenvalue weighted by atomic mass is 10.1. The van der Waals surface area contributed by atoms with Gasteiger partial charge < -0.3 is 10.3 Å². The number of fused-ring (bicyclic) bond motifs is 1. The summed E-state index contributed by atoms with van der Waals surface area (Å²) >= 11 is 1.43. The molecule has 34 heavy (non-hydrogen) atoms. The third-order valence-electron chi connectivity index (χ3n) is 5.56. The molecule has 0 unspecified atom stereocenters. The van der Waals surface area contributed by atoms with Gasteiger partial charge in [-0.25, -0.2) is 4.98 Å². The predicted molar refractivity (Wildman–Crippen MR) is 136 cm³/mol. The van der Waals surface area contributed by atoms with E-state index in [0.717, 1.165) is 32.7 Å². The van der Waals surface area contributed by atoms with Gasteiger partial charge in [0, 0.05) is 28.4 Å². The summed E-state index contributed by atoms with van der Waals surface area (Å²) < 4.78 is 1.95. The first kappa shape index (κ1) is 21.8. The molecule has 0 saturated heterocycles. The molecule has 3 heterocycles. The van der Waals surface area contributed by atoms with Crippen molar-refractivity contribution in [2.45, 2.75) is 26.8 Å². The molecule has 2 N–H and O–H groups in total. The molecule has 0 atom stereocenters. The Bertz CT molecular complexity index is 1550. The number of aromatic nitrogens is 4. The van der Waals surface area contributed by atoms with Crippen LogP contribution in [0.1, 0.15) is 33.5 Å². The number of nitrogens with one attached hydrogen (secondary N) is 2. The van der Waals surface area contributed by atoms with Gasteiger partial charge in [-0.2, -0.15) is 5.10 Å². The number of benzene rings is 2. The zero-order valence-corrected chi connectivity index (χ0v) is 19.6. The Labute approximate surface area is 200 Å². The number of H-pyrrole nitrogens is 1. The van der Waals surface area contributed by atoms with Crippen LogP contribution in [-0.2, 0) is 13.0 Å².